The maximum atomic E-state index is 14.9. The van der Waals surface area contributed by atoms with E-state index in [0.717, 1.165) is 26.9 Å². The quantitative estimate of drug-likeness (QED) is 0.0881. The first-order valence-electron chi connectivity index (χ1n) is 17.7. The van der Waals surface area contributed by atoms with Gasteiger partial charge >= 0.3 is 0 Å². The van der Waals surface area contributed by atoms with Gasteiger partial charge in [-0.15, -0.1) is 5.10 Å². The first-order chi connectivity index (χ1) is 25.4. The molecule has 274 valence electrons. The van der Waals surface area contributed by atoms with Gasteiger partial charge < -0.3 is 30.6 Å². The number of hydrogen-bond donors (Lipinski definition) is 4. The Bertz CT molecular complexity index is 2120. The van der Waals surface area contributed by atoms with Crippen LogP contribution in [0.25, 0.3) is 0 Å². The largest absolute Gasteiger partial charge is 0.432 e. The van der Waals surface area contributed by atoms with E-state index in [2.05, 4.69) is 31.6 Å². The van der Waals surface area contributed by atoms with Crippen LogP contribution < -0.4 is 16.0 Å². The molecule has 2 aliphatic heterocycles. The van der Waals surface area contributed by atoms with Crippen molar-refractivity contribution in [1.29, 1.82) is 0 Å². The van der Waals surface area contributed by atoms with Crippen LogP contribution in [0.2, 0.25) is 18.6 Å². The van der Waals surface area contributed by atoms with Gasteiger partial charge in [-0.2, -0.15) is 0 Å². The molecule has 2 amide bonds. The summed E-state index contributed by atoms with van der Waals surface area (Å²) < 4.78 is 9.58. The number of ether oxygens (including phenoxy) is 1. The molecule has 1 fully saturated rings. The van der Waals surface area contributed by atoms with Crippen molar-refractivity contribution in [3.8, 4) is 0 Å². The van der Waals surface area contributed by atoms with Crippen molar-refractivity contribution in [3.63, 3.8) is 0 Å². The van der Waals surface area contributed by atoms with Crippen LogP contribution in [-0.2, 0) is 28.2 Å². The summed E-state index contributed by atoms with van der Waals surface area (Å²) >= 11 is 3.64. The topological polar surface area (TPSA) is 156 Å². The van der Waals surface area contributed by atoms with Crippen LogP contribution in [0, 0.1) is 5.92 Å². The summed E-state index contributed by atoms with van der Waals surface area (Å²) in [5.74, 6) is -1.08. The Kier molecular flexibility index (Phi) is 10.1. The number of carbonyl (C=O) groups is 2. The predicted octanol–water partition coefficient (Wildman–Crippen LogP) is 6.43. The molecule has 11 nitrogen and oxygen atoms in total. The number of anilines is 3. The zero-order chi connectivity index (χ0) is 37.5. The molecular formula is C40H43BrN6O5Si. The molecule has 5 atom stereocenters. The van der Waals surface area contributed by atoms with E-state index < -0.39 is 20.0 Å². The number of amides is 2. The summed E-state index contributed by atoms with van der Waals surface area (Å²) in [5.41, 5.74) is 9.83. The second kappa shape index (κ2) is 14.6. The number of aromatic nitrogens is 3. The molecule has 2 aliphatic rings. The Hall–Kier alpha value is -4.66. The number of aryl methyl sites for hydroxylation is 1. The lowest BCUT2D eigenvalue weighted by Crippen LogP contribution is -2.46. The van der Waals surface area contributed by atoms with Gasteiger partial charge in [0.2, 0.25) is 0 Å². The molecule has 53 heavy (non-hydrogen) atoms. The van der Waals surface area contributed by atoms with Gasteiger partial charge in [0.1, 0.15) is 0 Å². The number of halogens is 1. The van der Waals surface area contributed by atoms with Crippen LogP contribution in [0.3, 0.4) is 0 Å². The zero-order valence-electron chi connectivity index (χ0n) is 29.8. The van der Waals surface area contributed by atoms with E-state index in [-0.39, 0.29) is 42.3 Å². The van der Waals surface area contributed by atoms with Crippen molar-refractivity contribution >= 4 is 53.1 Å². The minimum Gasteiger partial charge on any atom is -0.432 e. The minimum absolute atomic E-state index is 0.100. The molecule has 1 unspecified atom stereocenters. The standard InChI is InChI=1S/C40H43BrN6O5Si/c1-25-37(53(2,3)51)36(18-19-46-23-34(44-45-46)32(24-48)27-9-5-4-6-10-27)52-40(25)33-21-29(41)14-17-35(33)47(39(40)50)22-26-8-7-11-31(20-26)43-38(49)28-12-15-30(42)16-13-28/h4-17,20-21,23,25,32,36-37,48,51H,18-19,22,24,42H2,1-3H3,(H,43,49)/t25-,32?,36+,37-,40+/m1/s1. The fourth-order valence-corrected chi connectivity index (χ4v) is 11.1. The second-order valence-electron chi connectivity index (χ2n) is 14.5. The minimum atomic E-state index is -2.89. The molecular weight excluding hydrogens is 752 g/mol. The third-order valence-corrected chi connectivity index (χ3v) is 13.6. The summed E-state index contributed by atoms with van der Waals surface area (Å²) in [6.45, 7) is 6.44. The van der Waals surface area contributed by atoms with Crippen LogP contribution in [0.15, 0.2) is 108 Å². The Morgan fingerprint density at radius 1 is 1.06 bits per heavy atom. The van der Waals surface area contributed by atoms with Gasteiger partial charge in [-0.05, 0) is 85.2 Å². The maximum Gasteiger partial charge on any atom is 0.264 e. The van der Waals surface area contributed by atoms with Crippen LogP contribution in [0.5, 0.6) is 0 Å². The van der Waals surface area contributed by atoms with Crippen LogP contribution >= 0.6 is 15.9 Å². The summed E-state index contributed by atoms with van der Waals surface area (Å²) in [6, 6.07) is 29.7. The Labute approximate surface area is 318 Å². The van der Waals surface area contributed by atoms with E-state index in [1.807, 2.05) is 99.0 Å². The molecule has 1 saturated heterocycles. The number of rotatable bonds is 11. The molecule has 0 bridgehead atoms. The number of nitrogen functional groups attached to an aromatic ring is 1. The van der Waals surface area contributed by atoms with E-state index in [4.69, 9.17) is 10.5 Å². The molecule has 7 rings (SSSR count). The van der Waals surface area contributed by atoms with Gasteiger partial charge in [0.05, 0.1) is 36.6 Å². The smallest absolute Gasteiger partial charge is 0.264 e. The molecule has 1 aromatic heterocycles. The molecule has 5 aromatic rings. The van der Waals surface area contributed by atoms with Crippen molar-refractivity contribution in [3.05, 3.63) is 136 Å². The molecule has 4 aromatic carbocycles. The number of aliphatic hydroxyl groups excluding tert-OH is 1. The van der Waals surface area contributed by atoms with Gasteiger partial charge in [-0.1, -0.05) is 70.5 Å². The number of nitrogens with zero attached hydrogens (tertiary/aromatic N) is 4. The number of benzene rings is 4. The van der Waals surface area contributed by atoms with Gasteiger partial charge in [0, 0.05) is 51.2 Å². The van der Waals surface area contributed by atoms with Gasteiger partial charge in [-0.3, -0.25) is 14.3 Å². The monoisotopic (exact) mass is 794 g/mol. The number of nitrogens with two attached hydrogens (primary N) is 1. The Balaban J connectivity index is 1.14. The molecule has 0 radical (unpaired) electrons. The highest BCUT2D eigenvalue weighted by atomic mass is 79.9. The van der Waals surface area contributed by atoms with Crippen molar-refractivity contribution in [2.24, 2.45) is 5.92 Å². The molecule has 5 N–H and O–H groups in total. The lowest BCUT2D eigenvalue weighted by Gasteiger charge is -2.32. The highest BCUT2D eigenvalue weighted by Crippen LogP contribution is 2.60. The van der Waals surface area contributed by atoms with E-state index in [9.17, 15) is 19.5 Å². The first-order valence-corrected chi connectivity index (χ1v) is 21.5. The lowest BCUT2D eigenvalue weighted by molar-refractivity contribution is -0.146. The predicted molar refractivity (Wildman–Crippen MR) is 210 cm³/mol. The maximum absolute atomic E-state index is 14.9. The van der Waals surface area contributed by atoms with E-state index in [1.54, 1.807) is 33.8 Å². The van der Waals surface area contributed by atoms with Crippen molar-refractivity contribution < 1.29 is 24.2 Å². The zero-order valence-corrected chi connectivity index (χ0v) is 32.4. The summed E-state index contributed by atoms with van der Waals surface area (Å²) in [5, 5.41) is 21.9. The third kappa shape index (κ3) is 7.07. The summed E-state index contributed by atoms with van der Waals surface area (Å²) in [4.78, 5) is 41.4. The van der Waals surface area contributed by atoms with Crippen LogP contribution in [0.4, 0.5) is 17.1 Å². The highest BCUT2D eigenvalue weighted by Gasteiger charge is 2.66. The molecule has 1 spiro atoms. The van der Waals surface area contributed by atoms with Crippen LogP contribution in [-0.4, -0.2) is 57.7 Å². The summed E-state index contributed by atoms with van der Waals surface area (Å²) in [6.07, 6.45) is 1.91. The highest BCUT2D eigenvalue weighted by molar-refractivity contribution is 9.10. The number of aliphatic hydroxyl groups is 1. The molecule has 3 heterocycles. The van der Waals surface area contributed by atoms with Crippen LogP contribution in [0.1, 0.15) is 52.0 Å². The Morgan fingerprint density at radius 2 is 1.81 bits per heavy atom. The fourth-order valence-electron chi connectivity index (χ4n) is 8.14. The normalized spacial score (nSPS) is 21.6. The van der Waals surface area contributed by atoms with E-state index in [1.165, 1.54) is 0 Å². The number of carbonyl (C=O) groups excluding carboxylic acids is 2. The van der Waals surface area contributed by atoms with Crippen molar-refractivity contribution in [2.45, 2.75) is 62.7 Å². The Morgan fingerprint density at radius 3 is 2.53 bits per heavy atom. The van der Waals surface area contributed by atoms with Gasteiger partial charge in [-0.25, -0.2) is 0 Å². The first kappa shape index (κ1) is 36.7. The van der Waals surface area contributed by atoms with Gasteiger partial charge in [0.15, 0.2) is 13.9 Å². The second-order valence-corrected chi connectivity index (χ2v) is 19.4. The van der Waals surface area contributed by atoms with E-state index >= 15 is 0 Å². The van der Waals surface area contributed by atoms with E-state index in [0.29, 0.717) is 35.6 Å². The fraction of sp³-hybridized carbons (Fsp3) is 0.300. The molecule has 0 aliphatic carbocycles. The number of nitrogens with one attached hydrogen (secondary N) is 1. The average molecular weight is 796 g/mol. The number of hydrogen-bond acceptors (Lipinski definition) is 8. The summed E-state index contributed by atoms with van der Waals surface area (Å²) in [7, 11) is -2.89. The average Bonchev–Trinajstić information content (AvgIpc) is 3.79. The number of fused-ring (bicyclic) bond motifs is 2. The van der Waals surface area contributed by atoms with Gasteiger partial charge in [0.25, 0.3) is 11.8 Å². The van der Waals surface area contributed by atoms with Crippen molar-refractivity contribution in [1.82, 2.24) is 15.0 Å². The van der Waals surface area contributed by atoms with Crippen molar-refractivity contribution in [2.75, 3.05) is 22.6 Å². The molecule has 0 saturated carbocycles. The lowest BCUT2D eigenvalue weighted by atomic mass is 9.82. The third-order valence-electron chi connectivity index (χ3n) is 10.6. The SMILES string of the molecule is C[C@@H]1[C@@H]([Si](C)(C)O)[C@H](CCn2cc(C(CO)c3ccccc3)nn2)O[C@@]12C(=O)N(Cc1cccc(NC(=O)c3ccc(N)cc3)c1)c1ccc(Br)cc12. The molecule has 13 heteroatoms.